The number of rotatable bonds is 5. The molecule has 0 aromatic carbocycles. The van der Waals surface area contributed by atoms with Gasteiger partial charge in [-0.1, -0.05) is 0 Å². The minimum Gasteiger partial charge on any atom is -0.481 e. The maximum atomic E-state index is 10.2. The molecule has 0 saturated heterocycles. The number of aliphatic hydroxyl groups is 1. The summed E-state index contributed by atoms with van der Waals surface area (Å²) in [6.45, 7) is 0. The van der Waals surface area contributed by atoms with E-state index in [-0.39, 0.29) is 6.42 Å². The lowest BCUT2D eigenvalue weighted by molar-refractivity contribution is -0.137. The van der Waals surface area contributed by atoms with Crippen molar-refractivity contribution in [2.24, 2.45) is 0 Å². The second-order valence-corrected chi connectivity index (χ2v) is 5.44. The van der Waals surface area contributed by atoms with Gasteiger partial charge in [0.05, 0.1) is 9.89 Å². The van der Waals surface area contributed by atoms with Crippen molar-refractivity contribution in [2.45, 2.75) is 25.4 Å². The van der Waals surface area contributed by atoms with Crippen LogP contribution in [0.1, 0.15) is 30.2 Å². The topological polar surface area (TPSA) is 57.5 Å². The van der Waals surface area contributed by atoms with E-state index in [1.165, 1.54) is 11.3 Å². The van der Waals surface area contributed by atoms with E-state index in [9.17, 15) is 9.90 Å². The highest BCUT2D eigenvalue weighted by molar-refractivity contribution is 9.11. The van der Waals surface area contributed by atoms with Crippen molar-refractivity contribution < 1.29 is 15.0 Å². The lowest BCUT2D eigenvalue weighted by Gasteiger charge is -2.06. The summed E-state index contributed by atoms with van der Waals surface area (Å²) in [7, 11) is 0. The Hall–Kier alpha value is -0.390. The van der Waals surface area contributed by atoms with Crippen molar-refractivity contribution in [2.75, 3.05) is 0 Å². The second kappa shape index (κ2) is 5.48. The number of carbonyl (C=O) groups is 1. The highest BCUT2D eigenvalue weighted by Crippen LogP contribution is 2.29. The maximum Gasteiger partial charge on any atom is 0.303 e. The van der Waals surface area contributed by atoms with Crippen LogP contribution in [0.5, 0.6) is 0 Å². The van der Waals surface area contributed by atoms with Gasteiger partial charge in [-0.3, -0.25) is 4.79 Å². The minimum atomic E-state index is -0.815. The Balaban J connectivity index is 2.35. The molecule has 2 N–H and O–H groups in total. The summed E-state index contributed by atoms with van der Waals surface area (Å²) in [5.74, 6) is -0.815. The van der Waals surface area contributed by atoms with Gasteiger partial charge < -0.3 is 10.2 Å². The standard InChI is InChI=1S/C9H11BrO3S/c10-8-5-4-7(14-8)6(11)2-1-3-9(12)13/h4-6,11H,1-3H2,(H,12,13). The van der Waals surface area contributed by atoms with Gasteiger partial charge in [0.1, 0.15) is 0 Å². The van der Waals surface area contributed by atoms with Crippen molar-refractivity contribution >= 4 is 33.2 Å². The first-order chi connectivity index (χ1) is 6.59. The molecule has 1 unspecified atom stereocenters. The summed E-state index contributed by atoms with van der Waals surface area (Å²) in [5.41, 5.74) is 0. The van der Waals surface area contributed by atoms with Crippen LogP contribution in [0.15, 0.2) is 15.9 Å². The number of hydrogen-bond acceptors (Lipinski definition) is 3. The average Bonchev–Trinajstić information content (AvgIpc) is 2.51. The van der Waals surface area contributed by atoms with Gasteiger partial charge in [0.2, 0.25) is 0 Å². The molecule has 0 amide bonds. The number of hydrogen-bond donors (Lipinski definition) is 2. The molecule has 78 valence electrons. The van der Waals surface area contributed by atoms with Crippen molar-refractivity contribution in [3.8, 4) is 0 Å². The normalized spacial score (nSPS) is 12.7. The molecule has 0 aliphatic heterocycles. The molecule has 0 fully saturated rings. The summed E-state index contributed by atoms with van der Waals surface area (Å²) < 4.78 is 0.977. The maximum absolute atomic E-state index is 10.2. The zero-order chi connectivity index (χ0) is 10.6. The third-order valence-electron chi connectivity index (χ3n) is 1.79. The van der Waals surface area contributed by atoms with Gasteiger partial charge in [-0.25, -0.2) is 0 Å². The van der Waals surface area contributed by atoms with Crippen molar-refractivity contribution in [3.05, 3.63) is 20.8 Å². The molecular weight excluding hydrogens is 268 g/mol. The smallest absolute Gasteiger partial charge is 0.303 e. The average molecular weight is 279 g/mol. The fraction of sp³-hybridized carbons (Fsp3) is 0.444. The summed E-state index contributed by atoms with van der Waals surface area (Å²) in [4.78, 5) is 11.1. The van der Waals surface area contributed by atoms with Crippen LogP contribution >= 0.6 is 27.3 Å². The van der Waals surface area contributed by atoms with E-state index in [0.717, 1.165) is 8.66 Å². The Bertz CT molecular complexity index is 311. The summed E-state index contributed by atoms with van der Waals surface area (Å²) in [5, 5.41) is 18.1. The molecule has 0 saturated carbocycles. The number of halogens is 1. The van der Waals surface area contributed by atoms with Gasteiger partial charge in [0.15, 0.2) is 0 Å². The van der Waals surface area contributed by atoms with E-state index in [1.54, 1.807) is 0 Å². The molecule has 14 heavy (non-hydrogen) atoms. The first-order valence-electron chi connectivity index (χ1n) is 4.24. The Morgan fingerprint density at radius 1 is 1.57 bits per heavy atom. The minimum absolute atomic E-state index is 0.115. The number of thiophene rings is 1. The van der Waals surface area contributed by atoms with Crippen LogP contribution in [0.25, 0.3) is 0 Å². The van der Waals surface area contributed by atoms with Gasteiger partial charge in [-0.15, -0.1) is 11.3 Å². The van der Waals surface area contributed by atoms with E-state index >= 15 is 0 Å². The highest BCUT2D eigenvalue weighted by atomic mass is 79.9. The molecule has 0 spiro atoms. The van der Waals surface area contributed by atoms with Gasteiger partial charge >= 0.3 is 5.97 Å². The molecule has 1 aromatic heterocycles. The van der Waals surface area contributed by atoms with Gasteiger partial charge in [-0.2, -0.15) is 0 Å². The van der Waals surface area contributed by atoms with Crippen molar-refractivity contribution in [3.63, 3.8) is 0 Å². The zero-order valence-electron chi connectivity index (χ0n) is 7.44. The van der Waals surface area contributed by atoms with E-state index in [2.05, 4.69) is 15.9 Å². The molecule has 1 atom stereocenters. The molecule has 0 radical (unpaired) electrons. The summed E-state index contributed by atoms with van der Waals surface area (Å²) >= 11 is 4.78. The zero-order valence-corrected chi connectivity index (χ0v) is 9.84. The Labute approximate surface area is 94.5 Å². The fourth-order valence-electron chi connectivity index (χ4n) is 1.10. The monoisotopic (exact) mass is 278 g/mol. The van der Waals surface area contributed by atoms with Crippen LogP contribution in [0.4, 0.5) is 0 Å². The molecule has 0 bridgehead atoms. The predicted molar refractivity (Wildman–Crippen MR) is 58.5 cm³/mol. The largest absolute Gasteiger partial charge is 0.481 e. The molecule has 0 aliphatic rings. The molecule has 1 aromatic rings. The van der Waals surface area contributed by atoms with Crippen LogP contribution in [0, 0.1) is 0 Å². The van der Waals surface area contributed by atoms with Crippen LogP contribution in [0.2, 0.25) is 0 Å². The van der Waals surface area contributed by atoms with Gasteiger partial charge in [0, 0.05) is 11.3 Å². The lowest BCUT2D eigenvalue weighted by Crippen LogP contribution is -1.98. The Kier molecular flexibility index (Phi) is 4.57. The molecule has 1 heterocycles. The van der Waals surface area contributed by atoms with E-state index in [0.29, 0.717) is 12.8 Å². The van der Waals surface area contributed by atoms with Crippen LogP contribution in [-0.2, 0) is 4.79 Å². The predicted octanol–water partition coefficient (Wildman–Crippen LogP) is 2.80. The van der Waals surface area contributed by atoms with Crippen LogP contribution in [-0.4, -0.2) is 16.2 Å². The fourth-order valence-corrected chi connectivity index (χ4v) is 2.54. The lowest BCUT2D eigenvalue weighted by atomic mass is 10.1. The highest BCUT2D eigenvalue weighted by Gasteiger charge is 2.10. The number of aliphatic hydroxyl groups excluding tert-OH is 1. The third kappa shape index (κ3) is 3.77. The van der Waals surface area contributed by atoms with E-state index < -0.39 is 12.1 Å². The molecule has 3 nitrogen and oxygen atoms in total. The van der Waals surface area contributed by atoms with Crippen LogP contribution < -0.4 is 0 Å². The van der Waals surface area contributed by atoms with Crippen LogP contribution in [0.3, 0.4) is 0 Å². The Morgan fingerprint density at radius 2 is 2.29 bits per heavy atom. The summed E-state index contributed by atoms with van der Waals surface area (Å²) in [6, 6.07) is 3.72. The quantitative estimate of drug-likeness (QED) is 0.871. The SMILES string of the molecule is O=C(O)CCCC(O)c1ccc(Br)s1. The molecule has 1 rings (SSSR count). The number of carboxylic acids is 1. The molecule has 0 aliphatic carbocycles. The van der Waals surface area contributed by atoms with Crippen molar-refractivity contribution in [1.82, 2.24) is 0 Å². The van der Waals surface area contributed by atoms with E-state index in [4.69, 9.17) is 5.11 Å². The second-order valence-electron chi connectivity index (χ2n) is 2.94. The molecular formula is C9H11BrO3S. The summed E-state index contributed by atoms with van der Waals surface area (Å²) in [6.07, 6.45) is 0.583. The first-order valence-corrected chi connectivity index (χ1v) is 5.85. The van der Waals surface area contributed by atoms with Crippen molar-refractivity contribution in [1.29, 1.82) is 0 Å². The van der Waals surface area contributed by atoms with Gasteiger partial charge in [0.25, 0.3) is 0 Å². The van der Waals surface area contributed by atoms with Gasteiger partial charge in [-0.05, 0) is 40.9 Å². The Morgan fingerprint density at radius 3 is 2.79 bits per heavy atom. The van der Waals surface area contributed by atoms with E-state index in [1.807, 2.05) is 12.1 Å². The first kappa shape index (κ1) is 11.7. The molecule has 5 heteroatoms. The number of aliphatic carboxylic acids is 1. The third-order valence-corrected chi connectivity index (χ3v) is 3.52. The number of carboxylic acid groups (broad SMARTS) is 1.